The molecule has 18 heavy (non-hydrogen) atoms. The van der Waals surface area contributed by atoms with Crippen molar-refractivity contribution in [3.05, 3.63) is 71.3 Å². The van der Waals surface area contributed by atoms with Gasteiger partial charge in [0.15, 0.2) is 11.9 Å². The van der Waals surface area contributed by atoms with Gasteiger partial charge in [-0.05, 0) is 12.5 Å². The summed E-state index contributed by atoms with van der Waals surface area (Å²) < 4.78 is 5.52. The van der Waals surface area contributed by atoms with Crippen LogP contribution in [0.5, 0.6) is 0 Å². The van der Waals surface area contributed by atoms with Crippen LogP contribution in [-0.4, -0.2) is 11.9 Å². The van der Waals surface area contributed by atoms with E-state index in [0.717, 1.165) is 11.1 Å². The highest BCUT2D eigenvalue weighted by Crippen LogP contribution is 2.40. The van der Waals surface area contributed by atoms with E-state index in [9.17, 15) is 4.79 Å². The smallest absolute Gasteiger partial charge is 0.194 e. The third kappa shape index (κ3) is 2.07. The Balaban J connectivity index is 1.77. The molecule has 0 N–H and O–H groups in total. The standard InChI is InChI=1S/C16H14O2/c1-11-6-5-9-13(10-11)15-16(18-15)14(17)12-7-3-2-4-8-12/h2-10,15-16H,1H3/t15-,16-/m1/s1. The molecule has 0 aromatic heterocycles. The zero-order valence-electron chi connectivity index (χ0n) is 10.2. The largest absolute Gasteiger partial charge is 0.356 e. The van der Waals surface area contributed by atoms with Crippen molar-refractivity contribution < 1.29 is 9.53 Å². The van der Waals surface area contributed by atoms with Gasteiger partial charge in [0, 0.05) is 5.56 Å². The minimum Gasteiger partial charge on any atom is -0.356 e. The van der Waals surface area contributed by atoms with Crippen LogP contribution in [0.25, 0.3) is 0 Å². The molecule has 2 nitrogen and oxygen atoms in total. The van der Waals surface area contributed by atoms with Crippen LogP contribution in [0, 0.1) is 6.92 Å². The summed E-state index contributed by atoms with van der Waals surface area (Å²) in [7, 11) is 0. The lowest BCUT2D eigenvalue weighted by molar-refractivity contribution is 0.0953. The summed E-state index contributed by atoms with van der Waals surface area (Å²) in [6.45, 7) is 2.04. The molecule has 0 amide bonds. The van der Waals surface area contributed by atoms with E-state index in [1.807, 2.05) is 55.5 Å². The van der Waals surface area contributed by atoms with Gasteiger partial charge >= 0.3 is 0 Å². The second kappa shape index (κ2) is 4.39. The SMILES string of the molecule is Cc1cccc([C@H]2O[C@@H]2C(=O)c2ccccc2)c1. The maximum Gasteiger partial charge on any atom is 0.194 e. The number of aryl methyl sites for hydroxylation is 1. The van der Waals surface area contributed by atoms with Crippen LogP contribution >= 0.6 is 0 Å². The van der Waals surface area contributed by atoms with E-state index in [2.05, 4.69) is 6.07 Å². The Bertz CT molecular complexity index is 575. The minimum atomic E-state index is -0.311. The van der Waals surface area contributed by atoms with Gasteiger partial charge in [-0.1, -0.05) is 60.2 Å². The van der Waals surface area contributed by atoms with Crippen molar-refractivity contribution in [2.75, 3.05) is 0 Å². The first-order valence-electron chi connectivity index (χ1n) is 6.07. The molecular formula is C16H14O2. The Labute approximate surface area is 106 Å². The Morgan fingerprint density at radius 3 is 2.56 bits per heavy atom. The molecule has 0 unspecified atom stereocenters. The van der Waals surface area contributed by atoms with Crippen LogP contribution < -0.4 is 0 Å². The van der Waals surface area contributed by atoms with E-state index in [4.69, 9.17) is 4.74 Å². The van der Waals surface area contributed by atoms with E-state index in [1.165, 1.54) is 5.56 Å². The van der Waals surface area contributed by atoms with Crippen LogP contribution in [0.4, 0.5) is 0 Å². The number of carbonyl (C=O) groups excluding carboxylic acids is 1. The fourth-order valence-electron chi connectivity index (χ4n) is 2.18. The maximum atomic E-state index is 12.2. The quantitative estimate of drug-likeness (QED) is 0.606. The summed E-state index contributed by atoms with van der Waals surface area (Å²) in [5.74, 6) is 0.0714. The van der Waals surface area contributed by atoms with Gasteiger partial charge in [0.1, 0.15) is 6.10 Å². The maximum absolute atomic E-state index is 12.2. The van der Waals surface area contributed by atoms with Gasteiger partial charge in [-0.3, -0.25) is 4.79 Å². The molecule has 90 valence electrons. The number of hydrogen-bond donors (Lipinski definition) is 0. The van der Waals surface area contributed by atoms with E-state index in [-0.39, 0.29) is 18.0 Å². The fourth-order valence-corrected chi connectivity index (χ4v) is 2.18. The van der Waals surface area contributed by atoms with Gasteiger partial charge in [0.05, 0.1) is 0 Å². The van der Waals surface area contributed by atoms with Gasteiger partial charge in [-0.2, -0.15) is 0 Å². The molecule has 1 aliphatic heterocycles. The van der Waals surface area contributed by atoms with Gasteiger partial charge < -0.3 is 4.74 Å². The first kappa shape index (κ1) is 11.2. The molecule has 1 heterocycles. The Morgan fingerprint density at radius 2 is 1.83 bits per heavy atom. The van der Waals surface area contributed by atoms with Gasteiger partial charge in [0.25, 0.3) is 0 Å². The van der Waals surface area contributed by atoms with Gasteiger partial charge in [0.2, 0.25) is 0 Å². The van der Waals surface area contributed by atoms with Gasteiger partial charge in [-0.15, -0.1) is 0 Å². The lowest BCUT2D eigenvalue weighted by Gasteiger charge is -1.98. The van der Waals surface area contributed by atoms with Crippen LogP contribution in [0.1, 0.15) is 27.6 Å². The molecule has 1 aliphatic rings. The summed E-state index contributed by atoms with van der Waals surface area (Å²) in [6, 6.07) is 17.4. The van der Waals surface area contributed by atoms with Crippen LogP contribution in [0.2, 0.25) is 0 Å². The average molecular weight is 238 g/mol. The molecule has 2 aromatic rings. The fraction of sp³-hybridized carbons (Fsp3) is 0.188. The van der Waals surface area contributed by atoms with Crippen LogP contribution in [0.3, 0.4) is 0 Å². The molecule has 0 saturated carbocycles. The predicted molar refractivity (Wildman–Crippen MR) is 69.6 cm³/mol. The normalized spacial score (nSPS) is 21.6. The Hall–Kier alpha value is -1.93. The summed E-state index contributed by atoms with van der Waals surface area (Å²) in [5.41, 5.74) is 3.00. The van der Waals surface area contributed by atoms with Crippen molar-refractivity contribution in [3.8, 4) is 0 Å². The Morgan fingerprint density at radius 1 is 1.06 bits per heavy atom. The number of benzene rings is 2. The number of rotatable bonds is 3. The molecule has 0 bridgehead atoms. The number of hydrogen-bond acceptors (Lipinski definition) is 2. The minimum absolute atomic E-state index is 0.0714. The van der Waals surface area contributed by atoms with Crippen molar-refractivity contribution in [1.82, 2.24) is 0 Å². The zero-order chi connectivity index (χ0) is 12.5. The topological polar surface area (TPSA) is 29.6 Å². The van der Waals surface area contributed by atoms with Crippen molar-refractivity contribution in [2.45, 2.75) is 19.1 Å². The molecule has 2 atom stereocenters. The van der Waals surface area contributed by atoms with E-state index >= 15 is 0 Å². The van der Waals surface area contributed by atoms with Crippen LogP contribution in [0.15, 0.2) is 54.6 Å². The Kier molecular flexibility index (Phi) is 2.73. The summed E-state index contributed by atoms with van der Waals surface area (Å²) >= 11 is 0. The highest BCUT2D eigenvalue weighted by atomic mass is 16.6. The molecular weight excluding hydrogens is 224 g/mol. The lowest BCUT2D eigenvalue weighted by atomic mass is 10.0. The van der Waals surface area contributed by atoms with Crippen molar-refractivity contribution in [3.63, 3.8) is 0 Å². The zero-order valence-corrected chi connectivity index (χ0v) is 10.2. The molecule has 0 radical (unpaired) electrons. The van der Waals surface area contributed by atoms with Crippen molar-refractivity contribution in [1.29, 1.82) is 0 Å². The molecule has 0 spiro atoms. The molecule has 3 rings (SSSR count). The molecule has 2 aromatic carbocycles. The first-order valence-corrected chi connectivity index (χ1v) is 6.07. The molecule has 1 saturated heterocycles. The number of ether oxygens (including phenoxy) is 1. The highest BCUT2D eigenvalue weighted by Gasteiger charge is 2.46. The second-order valence-corrected chi connectivity index (χ2v) is 4.62. The second-order valence-electron chi connectivity index (χ2n) is 4.62. The van der Waals surface area contributed by atoms with Gasteiger partial charge in [-0.25, -0.2) is 0 Å². The van der Waals surface area contributed by atoms with Crippen molar-refractivity contribution in [2.24, 2.45) is 0 Å². The first-order chi connectivity index (χ1) is 8.75. The molecule has 2 heteroatoms. The van der Waals surface area contributed by atoms with Crippen LogP contribution in [-0.2, 0) is 4.74 Å². The third-order valence-electron chi connectivity index (χ3n) is 3.18. The summed E-state index contributed by atoms with van der Waals surface area (Å²) in [6.07, 6.45) is -0.383. The number of Topliss-reactive ketones (excluding diaryl/α,β-unsaturated/α-hetero) is 1. The number of carbonyl (C=O) groups is 1. The number of epoxide rings is 1. The summed E-state index contributed by atoms with van der Waals surface area (Å²) in [4.78, 5) is 12.2. The number of ketones is 1. The highest BCUT2D eigenvalue weighted by molar-refractivity contribution is 6.01. The molecule has 0 aliphatic carbocycles. The lowest BCUT2D eigenvalue weighted by Crippen LogP contribution is -2.07. The summed E-state index contributed by atoms with van der Waals surface area (Å²) in [5, 5.41) is 0. The van der Waals surface area contributed by atoms with E-state index in [1.54, 1.807) is 0 Å². The van der Waals surface area contributed by atoms with E-state index in [0.29, 0.717) is 0 Å². The van der Waals surface area contributed by atoms with E-state index < -0.39 is 0 Å². The van der Waals surface area contributed by atoms with Crippen molar-refractivity contribution >= 4 is 5.78 Å². The molecule has 1 fully saturated rings. The average Bonchev–Trinajstić information content (AvgIpc) is 3.19. The third-order valence-corrected chi connectivity index (χ3v) is 3.18. The monoisotopic (exact) mass is 238 g/mol. The predicted octanol–water partition coefficient (Wildman–Crippen LogP) is 3.32.